The Morgan fingerprint density at radius 1 is 0.508 bits per heavy atom. The second-order valence-corrected chi connectivity index (χ2v) is 15.1. The third-order valence-corrected chi connectivity index (χ3v) is 9.88. The van der Waals surface area contributed by atoms with Crippen LogP contribution in [0, 0.1) is 0 Å². The Kier molecular flexibility index (Phi) is 36.2. The normalized spacial score (nSPS) is 12.4. The Hall–Kier alpha value is -4.09. The lowest BCUT2D eigenvalue weighted by atomic mass is 10.1. The van der Waals surface area contributed by atoms with Crippen molar-refractivity contribution >= 4 is 59.2 Å². The number of carbonyl (C=O) groups is 8. The van der Waals surface area contributed by atoms with Gasteiger partial charge in [0.25, 0.3) is 0 Å². The summed E-state index contributed by atoms with van der Waals surface area (Å²) in [5.74, 6) is -2.93. The summed E-state index contributed by atoms with van der Waals surface area (Å²) < 4.78 is 21.6. The zero-order valence-electron chi connectivity index (χ0n) is 35.8. The van der Waals surface area contributed by atoms with Gasteiger partial charge in [0.2, 0.25) is 23.6 Å². The number of carboxylic acid groups (broad SMARTS) is 3. The fraction of sp³-hybridized carbons (Fsp3) is 0.795. The fourth-order valence-electron chi connectivity index (χ4n) is 5.37. The van der Waals surface area contributed by atoms with Gasteiger partial charge < -0.3 is 66.2 Å². The van der Waals surface area contributed by atoms with Crippen LogP contribution in [0.25, 0.3) is 0 Å². The number of ketones is 1. The van der Waals surface area contributed by atoms with E-state index in [2.05, 4.69) is 26.6 Å². The van der Waals surface area contributed by atoms with Gasteiger partial charge in [-0.3, -0.25) is 24.0 Å². The molecule has 21 nitrogen and oxygen atoms in total. The molecular weight excluding hydrogens is 825 g/mol. The molecular formula is C39H70N6O15S. The first-order chi connectivity index (χ1) is 29.3. The van der Waals surface area contributed by atoms with Crippen LogP contribution >= 0.6 is 11.8 Å². The van der Waals surface area contributed by atoms with E-state index in [0.717, 1.165) is 38.5 Å². The second-order valence-electron chi connectivity index (χ2n) is 14.0. The number of hydrogen-bond acceptors (Lipinski definition) is 14. The quantitative estimate of drug-likeness (QED) is 0.0381. The number of Topliss-reactive ketones (excluding diaryl/α,β-unsaturated/α-hetero) is 1. The molecule has 22 heteroatoms. The molecule has 3 unspecified atom stereocenters. The van der Waals surface area contributed by atoms with Crippen LogP contribution in [0.5, 0.6) is 0 Å². The van der Waals surface area contributed by atoms with Crippen molar-refractivity contribution in [2.45, 2.75) is 109 Å². The Labute approximate surface area is 362 Å². The van der Waals surface area contributed by atoms with Gasteiger partial charge in [0.1, 0.15) is 31.1 Å². The molecule has 0 rings (SSSR count). The Morgan fingerprint density at radius 2 is 1.03 bits per heavy atom. The van der Waals surface area contributed by atoms with E-state index in [1.54, 1.807) is 14.0 Å². The monoisotopic (exact) mass is 894 g/mol. The van der Waals surface area contributed by atoms with Crippen LogP contribution in [0.3, 0.4) is 0 Å². The molecule has 0 aliphatic heterocycles. The van der Waals surface area contributed by atoms with E-state index in [0.29, 0.717) is 90.7 Å². The maximum atomic E-state index is 12.3. The topological polar surface area (TPSA) is 306 Å². The van der Waals surface area contributed by atoms with Crippen LogP contribution in [0.2, 0.25) is 0 Å². The zero-order valence-corrected chi connectivity index (χ0v) is 36.6. The molecule has 0 aliphatic rings. The van der Waals surface area contributed by atoms with E-state index in [1.165, 1.54) is 11.8 Å². The summed E-state index contributed by atoms with van der Waals surface area (Å²) >= 11 is 1.35. The molecule has 0 heterocycles. The number of amides is 5. The third kappa shape index (κ3) is 36.3. The molecule has 3 atom stereocenters. The van der Waals surface area contributed by atoms with Gasteiger partial charge in [-0.15, -0.1) is 0 Å². The zero-order chi connectivity index (χ0) is 45.5. The van der Waals surface area contributed by atoms with Crippen LogP contribution in [0.15, 0.2) is 0 Å². The van der Waals surface area contributed by atoms with E-state index in [1.807, 2.05) is 5.32 Å². The number of thioether (sulfide) groups is 1. The Bertz CT molecular complexity index is 1280. The molecule has 0 bridgehead atoms. The Balaban J connectivity index is 3.68. The van der Waals surface area contributed by atoms with Crippen molar-refractivity contribution in [2.24, 2.45) is 0 Å². The van der Waals surface area contributed by atoms with Gasteiger partial charge >= 0.3 is 18.0 Å². The van der Waals surface area contributed by atoms with Crippen molar-refractivity contribution in [3.63, 3.8) is 0 Å². The number of carbonyl (C=O) groups excluding carboxylic acids is 5. The molecule has 61 heavy (non-hydrogen) atoms. The summed E-state index contributed by atoms with van der Waals surface area (Å²) in [7, 11) is 1.74. The van der Waals surface area contributed by atoms with Gasteiger partial charge in [0.15, 0.2) is 0 Å². The molecule has 0 aromatic carbocycles. The lowest BCUT2D eigenvalue weighted by Gasteiger charge is -2.14. The molecule has 0 fully saturated rings. The minimum Gasteiger partial charge on any atom is -0.480 e. The van der Waals surface area contributed by atoms with Gasteiger partial charge in [-0.25, -0.2) is 14.4 Å². The maximum Gasteiger partial charge on any atom is 0.405 e. The van der Waals surface area contributed by atoms with Crippen molar-refractivity contribution in [3.05, 3.63) is 0 Å². The van der Waals surface area contributed by atoms with Gasteiger partial charge in [0, 0.05) is 51.4 Å². The van der Waals surface area contributed by atoms with E-state index in [4.69, 9.17) is 29.2 Å². The first-order valence-corrected chi connectivity index (χ1v) is 22.0. The summed E-state index contributed by atoms with van der Waals surface area (Å²) in [6.07, 6.45) is 5.85. The van der Waals surface area contributed by atoms with Crippen LogP contribution in [-0.2, 0) is 52.5 Å². The van der Waals surface area contributed by atoms with Crippen molar-refractivity contribution in [2.75, 3.05) is 91.0 Å². The average molecular weight is 895 g/mol. The van der Waals surface area contributed by atoms with Gasteiger partial charge in [-0.2, -0.15) is 11.8 Å². The van der Waals surface area contributed by atoms with Crippen LogP contribution < -0.4 is 31.9 Å². The number of aliphatic carboxylic acids is 2. The van der Waals surface area contributed by atoms with Gasteiger partial charge in [-0.05, 0) is 71.1 Å². The summed E-state index contributed by atoms with van der Waals surface area (Å²) in [4.78, 5) is 92.8. The lowest BCUT2D eigenvalue weighted by molar-refractivity contribution is -0.142. The van der Waals surface area contributed by atoms with Crippen molar-refractivity contribution in [1.29, 1.82) is 0 Å². The average Bonchev–Trinajstić information content (AvgIpc) is 3.20. The van der Waals surface area contributed by atoms with E-state index >= 15 is 0 Å². The number of hydrogen-bond donors (Lipinski definition) is 9. The molecule has 0 radical (unpaired) electrons. The van der Waals surface area contributed by atoms with Crippen molar-refractivity contribution in [1.82, 2.24) is 31.9 Å². The number of rotatable bonds is 42. The van der Waals surface area contributed by atoms with Gasteiger partial charge in [-0.1, -0.05) is 19.3 Å². The number of likely N-dealkylation sites (N-methyl/N-ethyl adjacent to an activating group) is 1. The molecule has 0 aromatic heterocycles. The SMILES string of the molecule is CNC(CCCCNC(=O)COCC(=O)NCCCOCCOCCOCCCNC(=O)CCC(NC(=O)CCCCCCCSCC(NC(=O)O)C(=O)O)C(=O)O)C(C)=O. The molecule has 5 amide bonds. The number of ether oxygens (including phenoxy) is 4. The molecule has 9 N–H and O–H groups in total. The standard InChI is InChI=1S/C39H70N6O15S/c1-29(46)30(40-2)12-7-8-16-42-35(49)26-60-27-36(50)43-18-11-20-58-22-24-59-23-21-57-19-10-17-41-33(47)15-14-31(37(51)52)44-34(48)13-6-4-3-5-9-25-61-28-32(38(53)54)45-39(55)56/h30-32,40,45H,3-28H2,1-2H3,(H,41,47)(H,42,49)(H,43,50)(H,44,48)(H,51,52)(H,53,54)(H,55,56). The summed E-state index contributed by atoms with van der Waals surface area (Å²) in [6.45, 7) is 4.57. The fourth-order valence-corrected chi connectivity index (χ4v) is 6.41. The van der Waals surface area contributed by atoms with Crippen LogP contribution in [0.4, 0.5) is 4.79 Å². The summed E-state index contributed by atoms with van der Waals surface area (Å²) in [6, 6.07) is -2.51. The largest absolute Gasteiger partial charge is 0.480 e. The van der Waals surface area contributed by atoms with Crippen molar-refractivity contribution in [3.8, 4) is 0 Å². The van der Waals surface area contributed by atoms with Crippen molar-refractivity contribution < 1.29 is 72.6 Å². The van der Waals surface area contributed by atoms with Gasteiger partial charge in [0.05, 0.1) is 32.5 Å². The highest BCUT2D eigenvalue weighted by Crippen LogP contribution is 2.12. The lowest BCUT2D eigenvalue weighted by Crippen LogP contribution is -2.41. The highest BCUT2D eigenvalue weighted by Gasteiger charge is 2.21. The molecule has 0 aliphatic carbocycles. The molecule has 0 spiro atoms. The minimum atomic E-state index is -1.39. The first-order valence-electron chi connectivity index (χ1n) is 20.9. The number of carboxylic acids is 2. The van der Waals surface area contributed by atoms with E-state index < -0.39 is 36.0 Å². The summed E-state index contributed by atoms with van der Waals surface area (Å²) in [5.41, 5.74) is 0. The highest BCUT2D eigenvalue weighted by atomic mass is 32.2. The molecule has 0 saturated heterocycles. The van der Waals surface area contributed by atoms with Crippen LogP contribution in [0.1, 0.15) is 90.4 Å². The predicted molar refractivity (Wildman–Crippen MR) is 225 cm³/mol. The predicted octanol–water partition coefficient (Wildman–Crippen LogP) is 0.673. The second kappa shape index (κ2) is 38.8. The highest BCUT2D eigenvalue weighted by molar-refractivity contribution is 7.99. The molecule has 0 saturated carbocycles. The minimum absolute atomic E-state index is 0.0484. The molecule has 0 aromatic rings. The molecule has 352 valence electrons. The van der Waals surface area contributed by atoms with E-state index in [-0.39, 0.29) is 67.8 Å². The first kappa shape index (κ1) is 56.9. The van der Waals surface area contributed by atoms with Crippen LogP contribution in [-0.4, -0.2) is 172 Å². The maximum absolute atomic E-state index is 12.3. The number of unbranched alkanes of at least 4 members (excludes halogenated alkanes) is 5. The Morgan fingerprint density at radius 3 is 1.57 bits per heavy atom. The smallest absolute Gasteiger partial charge is 0.405 e. The van der Waals surface area contributed by atoms with E-state index in [9.17, 15) is 43.5 Å². The summed E-state index contributed by atoms with van der Waals surface area (Å²) in [5, 5.41) is 42.7. The number of nitrogens with one attached hydrogen (secondary N) is 6. The third-order valence-electron chi connectivity index (χ3n) is 8.73.